The molecule has 0 aliphatic heterocycles. The Kier molecular flexibility index (Phi) is 4.99. The van der Waals surface area contributed by atoms with Crippen LogP contribution in [-0.2, 0) is 17.6 Å². The Balaban J connectivity index is 2.39. The van der Waals surface area contributed by atoms with Crippen LogP contribution in [0.1, 0.15) is 18.1 Å². The summed E-state index contributed by atoms with van der Waals surface area (Å²) in [5.74, 6) is -0.274. The van der Waals surface area contributed by atoms with E-state index < -0.39 is 0 Å². The Hall–Kier alpha value is -1.35. The molecular formula is C13H20N2O. The van der Waals surface area contributed by atoms with Crippen molar-refractivity contribution in [3.05, 3.63) is 35.4 Å². The van der Waals surface area contributed by atoms with Crippen LogP contribution in [0, 0.1) is 0 Å². The Morgan fingerprint density at radius 3 is 2.31 bits per heavy atom. The molecule has 3 nitrogen and oxygen atoms in total. The molecule has 0 unspecified atom stereocenters. The summed E-state index contributed by atoms with van der Waals surface area (Å²) in [5.41, 5.74) is 7.77. The van der Waals surface area contributed by atoms with Crippen LogP contribution in [0.15, 0.2) is 24.3 Å². The molecule has 2 N–H and O–H groups in total. The predicted octanol–water partition coefficient (Wildman–Crippen LogP) is 1.21. The summed E-state index contributed by atoms with van der Waals surface area (Å²) in [7, 11) is 1.91. The minimum absolute atomic E-state index is 0.274. The van der Waals surface area contributed by atoms with Gasteiger partial charge in [-0.25, -0.2) is 0 Å². The van der Waals surface area contributed by atoms with E-state index in [1.54, 1.807) is 0 Å². The van der Waals surface area contributed by atoms with E-state index in [2.05, 4.69) is 31.2 Å². The van der Waals surface area contributed by atoms with Gasteiger partial charge in [0.05, 0.1) is 6.54 Å². The highest BCUT2D eigenvalue weighted by Gasteiger charge is 2.02. The molecule has 88 valence electrons. The Morgan fingerprint density at radius 2 is 1.81 bits per heavy atom. The molecule has 1 aromatic rings. The normalized spacial score (nSPS) is 10.7. The molecule has 0 atom stereocenters. The number of likely N-dealkylation sites (N-methyl/N-ethyl adjacent to an activating group) is 1. The van der Waals surface area contributed by atoms with Gasteiger partial charge in [0.2, 0.25) is 5.91 Å². The van der Waals surface area contributed by atoms with E-state index in [4.69, 9.17) is 5.73 Å². The molecular weight excluding hydrogens is 200 g/mol. The quantitative estimate of drug-likeness (QED) is 0.783. The summed E-state index contributed by atoms with van der Waals surface area (Å²) in [5, 5.41) is 0. The van der Waals surface area contributed by atoms with E-state index >= 15 is 0 Å². The van der Waals surface area contributed by atoms with Crippen LogP contribution in [0.2, 0.25) is 0 Å². The lowest BCUT2D eigenvalue weighted by Crippen LogP contribution is -2.32. The highest BCUT2D eigenvalue weighted by atomic mass is 16.1. The van der Waals surface area contributed by atoms with Gasteiger partial charge in [0.1, 0.15) is 0 Å². The molecule has 0 radical (unpaired) electrons. The first-order chi connectivity index (χ1) is 7.61. The number of nitrogens with zero attached hydrogens (tertiary/aromatic N) is 1. The zero-order valence-corrected chi connectivity index (χ0v) is 10.1. The van der Waals surface area contributed by atoms with Crippen LogP contribution in [0.25, 0.3) is 0 Å². The summed E-state index contributed by atoms with van der Waals surface area (Å²) in [4.78, 5) is 12.6. The number of benzene rings is 1. The number of carbonyl (C=O) groups is 1. The van der Waals surface area contributed by atoms with E-state index in [0.29, 0.717) is 6.54 Å². The molecule has 0 saturated carbocycles. The van der Waals surface area contributed by atoms with Crippen molar-refractivity contribution >= 4 is 5.91 Å². The number of primary amides is 1. The summed E-state index contributed by atoms with van der Waals surface area (Å²) in [6, 6.07) is 8.61. The number of amides is 1. The minimum atomic E-state index is -0.274. The fourth-order valence-electron chi connectivity index (χ4n) is 1.61. The monoisotopic (exact) mass is 220 g/mol. The summed E-state index contributed by atoms with van der Waals surface area (Å²) in [6.45, 7) is 3.33. The third-order valence-electron chi connectivity index (χ3n) is 2.64. The van der Waals surface area contributed by atoms with Crippen molar-refractivity contribution in [1.82, 2.24) is 4.90 Å². The van der Waals surface area contributed by atoms with Gasteiger partial charge in [-0.1, -0.05) is 31.2 Å². The highest BCUT2D eigenvalue weighted by molar-refractivity contribution is 5.75. The summed E-state index contributed by atoms with van der Waals surface area (Å²) in [6.07, 6.45) is 2.02. The van der Waals surface area contributed by atoms with Crippen molar-refractivity contribution in [1.29, 1.82) is 0 Å². The number of aryl methyl sites for hydroxylation is 1. The van der Waals surface area contributed by atoms with Crippen molar-refractivity contribution in [3.63, 3.8) is 0 Å². The molecule has 0 aliphatic rings. The van der Waals surface area contributed by atoms with Gasteiger partial charge in [-0.05, 0) is 31.0 Å². The van der Waals surface area contributed by atoms with Crippen molar-refractivity contribution in [2.24, 2.45) is 5.73 Å². The average molecular weight is 220 g/mol. The number of carbonyl (C=O) groups excluding carboxylic acids is 1. The molecule has 0 aromatic heterocycles. The van der Waals surface area contributed by atoms with Crippen LogP contribution in [0.5, 0.6) is 0 Å². The largest absolute Gasteiger partial charge is 0.369 e. The zero-order valence-electron chi connectivity index (χ0n) is 10.1. The topological polar surface area (TPSA) is 46.3 Å². The van der Waals surface area contributed by atoms with E-state index in [1.807, 2.05) is 11.9 Å². The molecule has 1 aromatic carbocycles. The van der Waals surface area contributed by atoms with E-state index in [9.17, 15) is 4.79 Å². The third kappa shape index (κ3) is 4.45. The smallest absolute Gasteiger partial charge is 0.231 e. The van der Waals surface area contributed by atoms with Crippen LogP contribution < -0.4 is 5.73 Å². The number of hydrogen-bond donors (Lipinski definition) is 1. The molecule has 0 fully saturated rings. The summed E-state index contributed by atoms with van der Waals surface area (Å²) < 4.78 is 0. The lowest BCUT2D eigenvalue weighted by Gasteiger charge is -2.14. The fraction of sp³-hybridized carbons (Fsp3) is 0.462. The average Bonchev–Trinajstić information content (AvgIpc) is 2.26. The highest BCUT2D eigenvalue weighted by Crippen LogP contribution is 2.06. The standard InChI is InChI=1S/C13H20N2O/c1-3-11-4-6-12(7-5-11)8-9-15(2)10-13(14)16/h4-7H,3,8-10H2,1-2H3,(H2,14,16). The molecule has 1 amide bonds. The fourth-order valence-corrected chi connectivity index (χ4v) is 1.61. The van der Waals surface area contributed by atoms with Crippen LogP contribution in [-0.4, -0.2) is 30.9 Å². The first-order valence-electron chi connectivity index (χ1n) is 5.66. The lowest BCUT2D eigenvalue weighted by atomic mass is 10.1. The predicted molar refractivity (Wildman–Crippen MR) is 66.2 cm³/mol. The van der Waals surface area contributed by atoms with E-state index in [1.165, 1.54) is 11.1 Å². The van der Waals surface area contributed by atoms with Gasteiger partial charge < -0.3 is 5.73 Å². The molecule has 0 spiro atoms. The van der Waals surface area contributed by atoms with Crippen LogP contribution in [0.4, 0.5) is 0 Å². The van der Waals surface area contributed by atoms with E-state index in [-0.39, 0.29) is 5.91 Å². The first-order valence-corrected chi connectivity index (χ1v) is 5.66. The van der Waals surface area contributed by atoms with Crippen molar-refractivity contribution in [3.8, 4) is 0 Å². The molecule has 0 aliphatic carbocycles. The molecule has 0 heterocycles. The number of hydrogen-bond acceptors (Lipinski definition) is 2. The Labute approximate surface area is 97.2 Å². The van der Waals surface area contributed by atoms with Gasteiger partial charge in [-0.15, -0.1) is 0 Å². The maximum atomic E-state index is 10.7. The van der Waals surface area contributed by atoms with Gasteiger partial charge >= 0.3 is 0 Å². The number of rotatable bonds is 6. The van der Waals surface area contributed by atoms with E-state index in [0.717, 1.165) is 19.4 Å². The maximum Gasteiger partial charge on any atom is 0.231 e. The second kappa shape index (κ2) is 6.28. The van der Waals surface area contributed by atoms with Gasteiger partial charge in [-0.2, -0.15) is 0 Å². The second-order valence-corrected chi connectivity index (χ2v) is 4.12. The molecule has 0 saturated heterocycles. The Morgan fingerprint density at radius 1 is 1.25 bits per heavy atom. The Bertz CT molecular complexity index is 332. The van der Waals surface area contributed by atoms with Crippen molar-refractivity contribution < 1.29 is 4.79 Å². The molecule has 1 rings (SSSR count). The second-order valence-electron chi connectivity index (χ2n) is 4.12. The lowest BCUT2D eigenvalue weighted by molar-refractivity contribution is -0.118. The van der Waals surface area contributed by atoms with Crippen LogP contribution >= 0.6 is 0 Å². The molecule has 3 heteroatoms. The molecule has 16 heavy (non-hydrogen) atoms. The first kappa shape index (κ1) is 12.7. The van der Waals surface area contributed by atoms with Gasteiger partial charge in [0.15, 0.2) is 0 Å². The summed E-state index contributed by atoms with van der Waals surface area (Å²) >= 11 is 0. The van der Waals surface area contributed by atoms with Crippen molar-refractivity contribution in [2.45, 2.75) is 19.8 Å². The zero-order chi connectivity index (χ0) is 12.0. The third-order valence-corrected chi connectivity index (χ3v) is 2.64. The van der Waals surface area contributed by atoms with Gasteiger partial charge in [-0.3, -0.25) is 9.69 Å². The van der Waals surface area contributed by atoms with Gasteiger partial charge in [0.25, 0.3) is 0 Å². The van der Waals surface area contributed by atoms with Crippen LogP contribution in [0.3, 0.4) is 0 Å². The number of nitrogens with two attached hydrogens (primary N) is 1. The van der Waals surface area contributed by atoms with Crippen molar-refractivity contribution in [2.75, 3.05) is 20.1 Å². The minimum Gasteiger partial charge on any atom is -0.369 e. The SMILES string of the molecule is CCc1ccc(CCN(C)CC(N)=O)cc1. The maximum absolute atomic E-state index is 10.7. The molecule has 0 bridgehead atoms. The van der Waals surface area contributed by atoms with Gasteiger partial charge in [0, 0.05) is 6.54 Å².